The summed E-state index contributed by atoms with van der Waals surface area (Å²) in [7, 11) is 0. The highest BCUT2D eigenvalue weighted by atomic mass is 32.1. The molecular weight excluding hydrogens is 332 g/mol. The van der Waals surface area contributed by atoms with Gasteiger partial charge in [0.15, 0.2) is 4.77 Å². The van der Waals surface area contributed by atoms with E-state index < -0.39 is 10.5 Å². The molecule has 24 heavy (non-hydrogen) atoms. The number of H-pyrrole nitrogens is 1. The van der Waals surface area contributed by atoms with Crippen LogP contribution in [0.4, 0.5) is 11.4 Å². The van der Waals surface area contributed by atoms with Gasteiger partial charge in [-0.15, -0.1) is 0 Å². The number of aromatic amines is 1. The second-order valence-electron chi connectivity index (χ2n) is 5.13. The van der Waals surface area contributed by atoms with Gasteiger partial charge in [-0.2, -0.15) is 0 Å². The van der Waals surface area contributed by atoms with Crippen LogP contribution >= 0.6 is 12.2 Å². The number of aromatic hydroxyl groups is 1. The smallest absolute Gasteiger partial charge is 0.271 e. The predicted molar refractivity (Wildman–Crippen MR) is 92.9 cm³/mol. The second kappa shape index (κ2) is 7.18. The number of aryl methyl sites for hydroxylation is 1. The number of aromatic nitrogens is 2. The minimum absolute atomic E-state index is 0.0528. The number of hydrogen-bond donors (Lipinski definition) is 2. The molecule has 0 spiro atoms. The maximum atomic E-state index is 12.0. The van der Waals surface area contributed by atoms with Crippen molar-refractivity contribution >= 4 is 29.8 Å². The Morgan fingerprint density at radius 2 is 2.21 bits per heavy atom. The van der Waals surface area contributed by atoms with Gasteiger partial charge in [-0.3, -0.25) is 29.5 Å². The topological polar surface area (TPSA) is 114 Å². The van der Waals surface area contributed by atoms with Gasteiger partial charge in [-0.25, -0.2) is 0 Å². The van der Waals surface area contributed by atoms with Crippen LogP contribution in [0.2, 0.25) is 0 Å². The average molecular weight is 348 g/mol. The van der Waals surface area contributed by atoms with Crippen LogP contribution in [0.5, 0.6) is 5.88 Å². The summed E-state index contributed by atoms with van der Waals surface area (Å²) in [5.41, 5.74) is 0.314. The van der Waals surface area contributed by atoms with Crippen LogP contribution in [-0.2, 0) is 6.54 Å². The van der Waals surface area contributed by atoms with Crippen molar-refractivity contribution in [2.45, 2.75) is 26.8 Å². The molecule has 2 N–H and O–H groups in total. The second-order valence-corrected chi connectivity index (χ2v) is 5.52. The van der Waals surface area contributed by atoms with Gasteiger partial charge in [-0.05, 0) is 31.1 Å². The lowest BCUT2D eigenvalue weighted by Crippen LogP contribution is -2.18. The molecule has 0 atom stereocenters. The summed E-state index contributed by atoms with van der Waals surface area (Å²) in [6, 6.07) is 4.25. The van der Waals surface area contributed by atoms with Gasteiger partial charge in [0.2, 0.25) is 5.88 Å². The van der Waals surface area contributed by atoms with Gasteiger partial charge in [0.25, 0.3) is 11.2 Å². The molecule has 1 aromatic heterocycles. The van der Waals surface area contributed by atoms with Crippen LogP contribution in [0.15, 0.2) is 28.0 Å². The molecule has 1 heterocycles. The largest absolute Gasteiger partial charge is 0.494 e. The Bertz CT molecular complexity index is 930. The van der Waals surface area contributed by atoms with E-state index in [0.29, 0.717) is 24.2 Å². The predicted octanol–water partition coefficient (Wildman–Crippen LogP) is 2.99. The van der Waals surface area contributed by atoms with Crippen molar-refractivity contribution in [1.29, 1.82) is 0 Å². The minimum Gasteiger partial charge on any atom is -0.494 e. The Morgan fingerprint density at radius 3 is 2.83 bits per heavy atom. The lowest BCUT2D eigenvalue weighted by Gasteiger charge is -2.09. The fourth-order valence-corrected chi connectivity index (χ4v) is 2.38. The molecule has 0 amide bonds. The van der Waals surface area contributed by atoms with E-state index in [1.165, 1.54) is 22.9 Å². The summed E-state index contributed by atoms with van der Waals surface area (Å²) < 4.78 is 1.53. The number of hydrogen-bond acceptors (Lipinski definition) is 6. The molecule has 0 bridgehead atoms. The number of nitro benzene ring substituents is 1. The Kier molecular flexibility index (Phi) is 5.24. The van der Waals surface area contributed by atoms with Gasteiger partial charge in [0.05, 0.1) is 10.6 Å². The third kappa shape index (κ3) is 3.57. The molecule has 126 valence electrons. The highest BCUT2D eigenvalue weighted by Gasteiger charge is 2.11. The van der Waals surface area contributed by atoms with Crippen LogP contribution in [0.25, 0.3) is 0 Å². The molecule has 8 nitrogen and oxygen atoms in total. The Hall–Kier alpha value is -2.81. The third-order valence-corrected chi connectivity index (χ3v) is 3.71. The minimum atomic E-state index is -0.573. The van der Waals surface area contributed by atoms with E-state index in [2.05, 4.69) is 9.98 Å². The number of nitrogens with zero attached hydrogens (tertiary/aromatic N) is 3. The maximum absolute atomic E-state index is 12.0. The Labute approximate surface area is 142 Å². The quantitative estimate of drug-likeness (QED) is 0.373. The molecule has 0 fully saturated rings. The zero-order valence-electron chi connectivity index (χ0n) is 13.1. The Morgan fingerprint density at radius 1 is 1.50 bits per heavy atom. The summed E-state index contributed by atoms with van der Waals surface area (Å²) in [5, 5.41) is 21.1. The van der Waals surface area contributed by atoms with Gasteiger partial charge in [-0.1, -0.05) is 13.0 Å². The fraction of sp³-hybridized carbons (Fsp3) is 0.267. The van der Waals surface area contributed by atoms with E-state index in [4.69, 9.17) is 12.2 Å². The van der Waals surface area contributed by atoms with Crippen molar-refractivity contribution in [2.24, 2.45) is 4.99 Å². The van der Waals surface area contributed by atoms with Gasteiger partial charge in [0.1, 0.15) is 5.56 Å². The number of nitro groups is 1. The van der Waals surface area contributed by atoms with Crippen LogP contribution in [0.1, 0.15) is 24.5 Å². The highest BCUT2D eigenvalue weighted by molar-refractivity contribution is 7.71. The first-order valence-electron chi connectivity index (χ1n) is 7.20. The van der Waals surface area contributed by atoms with E-state index in [1.807, 2.05) is 6.92 Å². The van der Waals surface area contributed by atoms with E-state index in [1.54, 1.807) is 13.0 Å². The molecular formula is C15H16N4O4S. The van der Waals surface area contributed by atoms with Gasteiger partial charge in [0, 0.05) is 24.9 Å². The number of nitrogens with one attached hydrogen (secondary N) is 1. The van der Waals surface area contributed by atoms with Crippen LogP contribution in [0, 0.1) is 21.8 Å². The first-order valence-corrected chi connectivity index (χ1v) is 7.61. The molecule has 2 rings (SSSR count). The van der Waals surface area contributed by atoms with Crippen molar-refractivity contribution in [3.05, 3.63) is 54.6 Å². The van der Waals surface area contributed by atoms with E-state index in [9.17, 15) is 20.0 Å². The summed E-state index contributed by atoms with van der Waals surface area (Å²) in [4.78, 5) is 28.9. The molecule has 0 aliphatic carbocycles. The standard InChI is InChI=1S/C15H16N4O4S/c1-3-6-18-14(21)11(13(20)17-15(18)24)8-16-12-7-10(19(22)23)5-4-9(12)2/h4-5,7-8,21H,3,6H2,1-2H3,(H,17,20,24). The lowest BCUT2D eigenvalue weighted by molar-refractivity contribution is -0.384. The highest BCUT2D eigenvalue weighted by Crippen LogP contribution is 2.24. The third-order valence-electron chi connectivity index (χ3n) is 3.39. The molecule has 0 saturated carbocycles. The van der Waals surface area contributed by atoms with Gasteiger partial charge >= 0.3 is 0 Å². The lowest BCUT2D eigenvalue weighted by atomic mass is 10.2. The normalized spacial score (nSPS) is 11.1. The molecule has 1 aromatic carbocycles. The van der Waals surface area contributed by atoms with E-state index >= 15 is 0 Å². The molecule has 0 unspecified atom stereocenters. The molecule has 0 aliphatic heterocycles. The van der Waals surface area contributed by atoms with Crippen LogP contribution in [-0.4, -0.2) is 25.8 Å². The monoisotopic (exact) mass is 348 g/mol. The molecule has 0 aliphatic rings. The molecule has 0 radical (unpaired) electrons. The van der Waals surface area contributed by atoms with E-state index in [-0.39, 0.29) is 21.9 Å². The molecule has 9 heteroatoms. The number of rotatable bonds is 5. The maximum Gasteiger partial charge on any atom is 0.271 e. The number of benzene rings is 1. The first kappa shape index (κ1) is 17.5. The summed E-state index contributed by atoms with van der Waals surface area (Å²) in [6.07, 6.45) is 1.90. The van der Waals surface area contributed by atoms with Crippen molar-refractivity contribution < 1.29 is 10.0 Å². The zero-order chi connectivity index (χ0) is 17.9. The zero-order valence-corrected chi connectivity index (χ0v) is 14.0. The van der Waals surface area contributed by atoms with Crippen molar-refractivity contribution in [1.82, 2.24) is 9.55 Å². The molecule has 0 saturated heterocycles. The van der Waals surface area contributed by atoms with Crippen molar-refractivity contribution in [3.8, 4) is 5.88 Å². The number of aliphatic imine (C=N–C) groups is 1. The van der Waals surface area contributed by atoms with Gasteiger partial charge < -0.3 is 5.11 Å². The number of non-ortho nitro benzene ring substituents is 1. The molecule has 2 aromatic rings. The first-order chi connectivity index (χ1) is 11.3. The summed E-state index contributed by atoms with van der Waals surface area (Å²) in [6.45, 7) is 4.09. The fourth-order valence-electron chi connectivity index (χ4n) is 2.11. The summed E-state index contributed by atoms with van der Waals surface area (Å²) >= 11 is 5.02. The Balaban J connectivity index is 2.52. The van der Waals surface area contributed by atoms with Crippen molar-refractivity contribution in [3.63, 3.8) is 0 Å². The van der Waals surface area contributed by atoms with Crippen LogP contribution in [0.3, 0.4) is 0 Å². The van der Waals surface area contributed by atoms with E-state index in [0.717, 1.165) is 0 Å². The summed E-state index contributed by atoms with van der Waals surface area (Å²) in [5.74, 6) is -0.280. The SMILES string of the molecule is CCCn1c(O)c(C=Nc2cc([N+](=O)[O-])ccc2C)c(=O)[nH]c1=S. The van der Waals surface area contributed by atoms with Crippen LogP contribution < -0.4 is 5.56 Å². The van der Waals surface area contributed by atoms with Crippen molar-refractivity contribution in [2.75, 3.05) is 0 Å². The average Bonchev–Trinajstić information content (AvgIpc) is 2.52.